The van der Waals surface area contributed by atoms with E-state index in [1.165, 1.54) is 43.8 Å². The van der Waals surface area contributed by atoms with Crippen LogP contribution in [0.2, 0.25) is 0 Å². The normalized spacial score (nSPS) is 13.3. The molecule has 0 aliphatic heterocycles. The van der Waals surface area contributed by atoms with Gasteiger partial charge >= 0.3 is 0 Å². The molecule has 2 heteroatoms. The molecule has 10 rings (SSSR count). The van der Waals surface area contributed by atoms with Gasteiger partial charge in [-0.3, -0.25) is 0 Å². The molecule has 0 spiro atoms. The molecule has 1 heterocycles. The molecule has 0 unspecified atom stereocenters. The summed E-state index contributed by atoms with van der Waals surface area (Å²) in [6.45, 7) is 4.69. The second-order valence-electron chi connectivity index (χ2n) is 13.8. The van der Waals surface area contributed by atoms with Gasteiger partial charge in [0.15, 0.2) is 0 Å². The summed E-state index contributed by atoms with van der Waals surface area (Å²) in [6.07, 6.45) is 0. The van der Waals surface area contributed by atoms with Gasteiger partial charge in [-0.25, -0.2) is 0 Å². The molecular weight excluding hydrogens is 595 g/mol. The number of fused-ring (bicyclic) bond motifs is 9. The monoisotopic (exact) mass is 627 g/mol. The lowest BCUT2D eigenvalue weighted by atomic mass is 9.82. The standard InChI is InChI=1S/C47H33NO/c1-47(2)41-19-11-10-18-38(41)39-24-23-35(28-42(39)47)48(34-22-20-30-12-6-7-16-33(30)26-34)36-27-40(31-13-4-3-5-14-31)46-44(29-36)49-43-25-21-32-15-8-9-17-37(32)45(43)46/h3-29H,1-2H3. The number of hydrogen-bond acceptors (Lipinski definition) is 2. The molecule has 0 bridgehead atoms. The van der Waals surface area contributed by atoms with E-state index in [0.29, 0.717) is 0 Å². The fourth-order valence-corrected chi connectivity index (χ4v) is 8.22. The highest BCUT2D eigenvalue weighted by molar-refractivity contribution is 6.23. The minimum absolute atomic E-state index is 0.115. The summed E-state index contributed by atoms with van der Waals surface area (Å²) in [5, 5.41) is 7.15. The molecule has 0 amide bonds. The molecule has 1 aliphatic rings. The molecule has 1 aliphatic carbocycles. The number of benzene rings is 8. The van der Waals surface area contributed by atoms with Crippen LogP contribution in [-0.4, -0.2) is 0 Å². The Morgan fingerprint density at radius 1 is 0.429 bits per heavy atom. The maximum atomic E-state index is 6.78. The molecule has 0 radical (unpaired) electrons. The molecular formula is C47H33NO. The lowest BCUT2D eigenvalue weighted by Crippen LogP contribution is -2.16. The average molecular weight is 628 g/mol. The van der Waals surface area contributed by atoms with Crippen molar-refractivity contribution in [1.29, 1.82) is 0 Å². The number of nitrogens with zero attached hydrogens (tertiary/aromatic N) is 1. The third-order valence-electron chi connectivity index (χ3n) is 10.6. The Bertz CT molecular complexity index is 2750. The van der Waals surface area contributed by atoms with Crippen LogP contribution in [0.5, 0.6) is 0 Å². The van der Waals surface area contributed by atoms with E-state index < -0.39 is 0 Å². The smallest absolute Gasteiger partial charge is 0.138 e. The van der Waals surface area contributed by atoms with Gasteiger partial charge in [-0.2, -0.15) is 0 Å². The fraction of sp³-hybridized carbons (Fsp3) is 0.0638. The van der Waals surface area contributed by atoms with Crippen molar-refractivity contribution in [2.24, 2.45) is 0 Å². The minimum atomic E-state index is -0.115. The van der Waals surface area contributed by atoms with Gasteiger partial charge in [0, 0.05) is 33.6 Å². The predicted molar refractivity (Wildman–Crippen MR) is 206 cm³/mol. The maximum Gasteiger partial charge on any atom is 0.138 e. The minimum Gasteiger partial charge on any atom is -0.456 e. The second-order valence-corrected chi connectivity index (χ2v) is 13.8. The van der Waals surface area contributed by atoms with Crippen molar-refractivity contribution >= 4 is 60.5 Å². The van der Waals surface area contributed by atoms with Crippen molar-refractivity contribution in [2.75, 3.05) is 4.90 Å². The van der Waals surface area contributed by atoms with E-state index in [2.05, 4.69) is 183 Å². The summed E-state index contributed by atoms with van der Waals surface area (Å²) in [7, 11) is 0. The Morgan fingerprint density at radius 3 is 1.98 bits per heavy atom. The summed E-state index contributed by atoms with van der Waals surface area (Å²) in [6, 6.07) is 59.4. The van der Waals surface area contributed by atoms with Crippen LogP contribution in [0.4, 0.5) is 17.1 Å². The zero-order valence-corrected chi connectivity index (χ0v) is 27.4. The third-order valence-corrected chi connectivity index (χ3v) is 10.6. The zero-order chi connectivity index (χ0) is 32.7. The van der Waals surface area contributed by atoms with Gasteiger partial charge in [-0.05, 0) is 91.3 Å². The molecule has 0 N–H and O–H groups in total. The largest absolute Gasteiger partial charge is 0.456 e. The van der Waals surface area contributed by atoms with E-state index >= 15 is 0 Å². The van der Waals surface area contributed by atoms with Crippen LogP contribution in [0, 0.1) is 0 Å². The van der Waals surface area contributed by atoms with Crippen LogP contribution in [0.25, 0.3) is 65.7 Å². The molecule has 0 fully saturated rings. The van der Waals surface area contributed by atoms with Gasteiger partial charge in [0.1, 0.15) is 11.2 Å². The van der Waals surface area contributed by atoms with E-state index in [4.69, 9.17) is 4.42 Å². The van der Waals surface area contributed by atoms with Crippen LogP contribution in [0.1, 0.15) is 25.0 Å². The van der Waals surface area contributed by atoms with Gasteiger partial charge in [-0.1, -0.05) is 135 Å². The van der Waals surface area contributed by atoms with E-state index in [9.17, 15) is 0 Å². The molecule has 0 saturated heterocycles. The Labute approximate surface area is 285 Å². The lowest BCUT2D eigenvalue weighted by molar-refractivity contribution is 0.660. The Morgan fingerprint density at radius 2 is 1.10 bits per heavy atom. The lowest BCUT2D eigenvalue weighted by Gasteiger charge is -2.29. The maximum absolute atomic E-state index is 6.78. The first-order valence-corrected chi connectivity index (χ1v) is 17.0. The van der Waals surface area contributed by atoms with Crippen molar-refractivity contribution in [3.63, 3.8) is 0 Å². The van der Waals surface area contributed by atoms with E-state index in [1.54, 1.807) is 0 Å². The highest BCUT2D eigenvalue weighted by Gasteiger charge is 2.36. The molecule has 232 valence electrons. The van der Waals surface area contributed by atoms with Gasteiger partial charge < -0.3 is 9.32 Å². The first-order chi connectivity index (χ1) is 24.0. The summed E-state index contributed by atoms with van der Waals surface area (Å²) in [5.74, 6) is 0. The van der Waals surface area contributed by atoms with E-state index in [1.807, 2.05) is 0 Å². The summed E-state index contributed by atoms with van der Waals surface area (Å²) < 4.78 is 6.78. The van der Waals surface area contributed by atoms with Crippen LogP contribution in [0.3, 0.4) is 0 Å². The molecule has 8 aromatic carbocycles. The Balaban J connectivity index is 1.27. The topological polar surface area (TPSA) is 16.4 Å². The van der Waals surface area contributed by atoms with Gasteiger partial charge in [-0.15, -0.1) is 0 Å². The fourth-order valence-electron chi connectivity index (χ4n) is 8.22. The molecule has 0 saturated carbocycles. The van der Waals surface area contributed by atoms with Crippen LogP contribution in [-0.2, 0) is 5.41 Å². The van der Waals surface area contributed by atoms with Crippen LogP contribution < -0.4 is 4.90 Å². The van der Waals surface area contributed by atoms with Crippen LogP contribution in [0.15, 0.2) is 168 Å². The number of hydrogen-bond donors (Lipinski definition) is 0. The van der Waals surface area contributed by atoms with Crippen molar-refractivity contribution in [1.82, 2.24) is 0 Å². The zero-order valence-electron chi connectivity index (χ0n) is 27.4. The van der Waals surface area contributed by atoms with Gasteiger partial charge in [0.05, 0.1) is 5.69 Å². The second kappa shape index (κ2) is 10.4. The van der Waals surface area contributed by atoms with Crippen LogP contribution >= 0.6 is 0 Å². The van der Waals surface area contributed by atoms with Crippen molar-refractivity contribution in [3.8, 4) is 22.3 Å². The first-order valence-electron chi connectivity index (χ1n) is 17.0. The summed E-state index contributed by atoms with van der Waals surface area (Å²) in [5.41, 5.74) is 12.6. The summed E-state index contributed by atoms with van der Waals surface area (Å²) >= 11 is 0. The molecule has 0 atom stereocenters. The SMILES string of the molecule is CC1(C)c2ccccc2-c2ccc(N(c3ccc4ccccc4c3)c3cc(-c4ccccc4)c4c(c3)oc3ccc5ccccc5c34)cc21. The first kappa shape index (κ1) is 27.9. The molecule has 1 aromatic heterocycles. The van der Waals surface area contributed by atoms with Crippen molar-refractivity contribution in [2.45, 2.75) is 19.3 Å². The summed E-state index contributed by atoms with van der Waals surface area (Å²) in [4.78, 5) is 2.41. The molecule has 49 heavy (non-hydrogen) atoms. The Kier molecular flexibility index (Phi) is 5.95. The van der Waals surface area contributed by atoms with Crippen molar-refractivity contribution < 1.29 is 4.42 Å². The number of anilines is 3. The van der Waals surface area contributed by atoms with Gasteiger partial charge in [0.2, 0.25) is 0 Å². The number of furan rings is 1. The highest BCUT2D eigenvalue weighted by Crippen LogP contribution is 2.51. The van der Waals surface area contributed by atoms with Crippen molar-refractivity contribution in [3.05, 3.63) is 175 Å². The van der Waals surface area contributed by atoms with Gasteiger partial charge in [0.25, 0.3) is 0 Å². The predicted octanol–water partition coefficient (Wildman–Crippen LogP) is 13.3. The Hall–Kier alpha value is -6.12. The quantitative estimate of drug-likeness (QED) is 0.193. The number of rotatable bonds is 4. The molecule has 9 aromatic rings. The molecule has 2 nitrogen and oxygen atoms in total. The average Bonchev–Trinajstić information content (AvgIpc) is 3.64. The van der Waals surface area contributed by atoms with E-state index in [-0.39, 0.29) is 5.41 Å². The van der Waals surface area contributed by atoms with E-state index in [0.717, 1.165) is 50.1 Å². The third kappa shape index (κ3) is 4.20. The highest BCUT2D eigenvalue weighted by atomic mass is 16.3.